The van der Waals surface area contributed by atoms with Crippen LogP contribution in [0.5, 0.6) is 5.75 Å². The van der Waals surface area contributed by atoms with Crippen LogP contribution in [-0.4, -0.2) is 18.2 Å². The van der Waals surface area contributed by atoms with Crippen LogP contribution in [-0.2, 0) is 4.79 Å². The Morgan fingerprint density at radius 1 is 1.18 bits per heavy atom. The molecule has 0 aliphatic carbocycles. The number of allylic oxidation sites excluding steroid dienone is 1. The van der Waals surface area contributed by atoms with E-state index < -0.39 is 5.97 Å². The van der Waals surface area contributed by atoms with Crippen molar-refractivity contribution in [2.24, 2.45) is 0 Å². The standard InChI is InChI=1S/C18H17ClO3/c1-12(18(20)21)9-17(13-5-3-7-15(19)10-13)14-6-4-8-16(11-14)22-2/h3-11,17H,1-2H3,(H,20,21)/b12-9+. The largest absolute Gasteiger partial charge is 0.497 e. The van der Waals surface area contributed by atoms with Gasteiger partial charge in [-0.2, -0.15) is 0 Å². The summed E-state index contributed by atoms with van der Waals surface area (Å²) in [6.45, 7) is 1.58. The number of benzene rings is 2. The highest BCUT2D eigenvalue weighted by atomic mass is 35.5. The van der Waals surface area contributed by atoms with E-state index in [-0.39, 0.29) is 11.5 Å². The molecule has 0 aliphatic rings. The number of hydrogen-bond acceptors (Lipinski definition) is 2. The maximum absolute atomic E-state index is 11.2. The molecule has 2 aromatic carbocycles. The van der Waals surface area contributed by atoms with Gasteiger partial charge >= 0.3 is 5.97 Å². The molecule has 0 aromatic heterocycles. The lowest BCUT2D eigenvalue weighted by Gasteiger charge is -2.16. The van der Waals surface area contributed by atoms with E-state index >= 15 is 0 Å². The molecule has 0 fully saturated rings. The molecular formula is C18H17ClO3. The summed E-state index contributed by atoms with van der Waals surface area (Å²) in [7, 11) is 1.60. The number of rotatable bonds is 5. The van der Waals surface area contributed by atoms with Gasteiger partial charge in [0.05, 0.1) is 7.11 Å². The third kappa shape index (κ3) is 3.89. The first-order valence-electron chi connectivity index (χ1n) is 6.82. The second kappa shape index (κ2) is 7.14. The molecule has 0 saturated carbocycles. The van der Waals surface area contributed by atoms with Crippen LogP contribution < -0.4 is 4.74 Å². The van der Waals surface area contributed by atoms with Crippen molar-refractivity contribution in [2.75, 3.05) is 7.11 Å². The minimum atomic E-state index is -0.935. The van der Waals surface area contributed by atoms with Gasteiger partial charge in [0, 0.05) is 16.5 Å². The summed E-state index contributed by atoms with van der Waals surface area (Å²) in [5.74, 6) is -0.411. The fraction of sp³-hybridized carbons (Fsp3) is 0.167. The molecule has 0 radical (unpaired) electrons. The van der Waals surface area contributed by atoms with Gasteiger partial charge in [0.2, 0.25) is 0 Å². The highest BCUT2D eigenvalue weighted by Gasteiger charge is 2.15. The molecule has 0 spiro atoms. The van der Waals surface area contributed by atoms with Crippen LogP contribution in [0, 0.1) is 0 Å². The second-order valence-corrected chi connectivity index (χ2v) is 5.40. The van der Waals surface area contributed by atoms with Gasteiger partial charge in [-0.05, 0) is 42.3 Å². The van der Waals surface area contributed by atoms with E-state index in [1.807, 2.05) is 42.5 Å². The summed E-state index contributed by atoms with van der Waals surface area (Å²) in [5.41, 5.74) is 2.16. The number of carbonyl (C=O) groups is 1. The van der Waals surface area contributed by atoms with Gasteiger partial charge in [0.1, 0.15) is 5.75 Å². The molecule has 2 aromatic rings. The first-order chi connectivity index (χ1) is 10.5. The molecule has 2 rings (SSSR count). The minimum Gasteiger partial charge on any atom is -0.497 e. The Balaban J connectivity index is 2.54. The van der Waals surface area contributed by atoms with Crippen LogP contribution in [0.25, 0.3) is 0 Å². The van der Waals surface area contributed by atoms with Crippen LogP contribution in [0.1, 0.15) is 24.0 Å². The molecule has 22 heavy (non-hydrogen) atoms. The van der Waals surface area contributed by atoms with Gasteiger partial charge in [-0.15, -0.1) is 0 Å². The molecule has 0 aliphatic heterocycles. The highest BCUT2D eigenvalue weighted by molar-refractivity contribution is 6.30. The summed E-state index contributed by atoms with van der Waals surface area (Å²) in [6, 6.07) is 15.0. The molecular weight excluding hydrogens is 300 g/mol. The fourth-order valence-corrected chi connectivity index (χ4v) is 2.44. The van der Waals surface area contributed by atoms with Crippen molar-refractivity contribution in [3.05, 3.63) is 76.3 Å². The smallest absolute Gasteiger partial charge is 0.330 e. The number of aliphatic carboxylic acids is 1. The van der Waals surface area contributed by atoms with Crippen molar-refractivity contribution in [3.8, 4) is 5.75 Å². The van der Waals surface area contributed by atoms with Crippen LogP contribution in [0.15, 0.2) is 60.2 Å². The van der Waals surface area contributed by atoms with Crippen LogP contribution in [0.4, 0.5) is 0 Å². The second-order valence-electron chi connectivity index (χ2n) is 4.96. The Kier molecular flexibility index (Phi) is 5.23. The van der Waals surface area contributed by atoms with E-state index in [1.54, 1.807) is 26.2 Å². The summed E-state index contributed by atoms with van der Waals surface area (Å²) >= 11 is 6.07. The Labute approximate surface area is 134 Å². The lowest BCUT2D eigenvalue weighted by molar-refractivity contribution is -0.132. The maximum atomic E-state index is 11.2. The summed E-state index contributed by atoms with van der Waals surface area (Å²) in [4.78, 5) is 11.2. The topological polar surface area (TPSA) is 46.5 Å². The predicted octanol–water partition coefficient (Wildman–Crippen LogP) is 4.51. The summed E-state index contributed by atoms with van der Waals surface area (Å²) < 4.78 is 5.25. The molecule has 0 bridgehead atoms. The molecule has 3 nitrogen and oxygen atoms in total. The summed E-state index contributed by atoms with van der Waals surface area (Å²) in [5, 5.41) is 9.78. The van der Waals surface area contributed by atoms with Crippen molar-refractivity contribution in [2.45, 2.75) is 12.8 Å². The molecule has 0 saturated heterocycles. The minimum absolute atomic E-state index is 0.204. The molecule has 1 atom stereocenters. The monoisotopic (exact) mass is 316 g/mol. The molecule has 1 N–H and O–H groups in total. The van der Waals surface area contributed by atoms with Crippen LogP contribution >= 0.6 is 11.6 Å². The van der Waals surface area contributed by atoms with Gasteiger partial charge in [-0.1, -0.05) is 41.9 Å². The number of methoxy groups -OCH3 is 1. The number of ether oxygens (including phenoxy) is 1. The average molecular weight is 317 g/mol. The normalized spacial score (nSPS) is 12.8. The van der Waals surface area contributed by atoms with Gasteiger partial charge in [-0.3, -0.25) is 0 Å². The van der Waals surface area contributed by atoms with E-state index in [2.05, 4.69) is 0 Å². The number of halogens is 1. The maximum Gasteiger partial charge on any atom is 0.330 e. The third-order valence-electron chi connectivity index (χ3n) is 3.41. The van der Waals surface area contributed by atoms with E-state index in [4.69, 9.17) is 21.4 Å². The Hall–Kier alpha value is -2.26. The number of hydrogen-bond donors (Lipinski definition) is 1. The van der Waals surface area contributed by atoms with Crippen molar-refractivity contribution < 1.29 is 14.6 Å². The van der Waals surface area contributed by atoms with Crippen molar-refractivity contribution in [1.82, 2.24) is 0 Å². The van der Waals surface area contributed by atoms with Gasteiger partial charge in [0.15, 0.2) is 0 Å². The van der Waals surface area contributed by atoms with Gasteiger partial charge in [-0.25, -0.2) is 4.79 Å². The third-order valence-corrected chi connectivity index (χ3v) is 3.65. The highest BCUT2D eigenvalue weighted by Crippen LogP contribution is 2.31. The zero-order valence-corrected chi connectivity index (χ0v) is 13.2. The Morgan fingerprint density at radius 3 is 2.41 bits per heavy atom. The first kappa shape index (κ1) is 16.1. The lowest BCUT2D eigenvalue weighted by atomic mass is 9.89. The zero-order chi connectivity index (χ0) is 16.1. The van der Waals surface area contributed by atoms with Gasteiger partial charge in [0.25, 0.3) is 0 Å². The molecule has 114 valence electrons. The van der Waals surface area contributed by atoms with Crippen molar-refractivity contribution >= 4 is 17.6 Å². The molecule has 4 heteroatoms. The first-order valence-corrected chi connectivity index (χ1v) is 7.20. The van der Waals surface area contributed by atoms with E-state index in [0.717, 1.165) is 16.9 Å². The fourth-order valence-electron chi connectivity index (χ4n) is 2.24. The van der Waals surface area contributed by atoms with E-state index in [0.29, 0.717) is 5.02 Å². The molecule has 1 unspecified atom stereocenters. The van der Waals surface area contributed by atoms with Crippen molar-refractivity contribution in [1.29, 1.82) is 0 Å². The average Bonchev–Trinajstić information content (AvgIpc) is 2.52. The SMILES string of the molecule is COc1cccc(C(/C=C(\C)C(=O)O)c2cccc(Cl)c2)c1. The molecule has 0 heterocycles. The zero-order valence-electron chi connectivity index (χ0n) is 12.4. The Bertz CT molecular complexity index is 707. The summed E-state index contributed by atoms with van der Waals surface area (Å²) in [6.07, 6.45) is 1.72. The van der Waals surface area contributed by atoms with Crippen LogP contribution in [0.2, 0.25) is 5.02 Å². The lowest BCUT2D eigenvalue weighted by Crippen LogP contribution is -2.03. The molecule has 0 amide bonds. The number of carboxylic acids is 1. The van der Waals surface area contributed by atoms with Crippen LogP contribution in [0.3, 0.4) is 0 Å². The predicted molar refractivity (Wildman–Crippen MR) is 87.7 cm³/mol. The van der Waals surface area contributed by atoms with E-state index in [9.17, 15) is 4.79 Å². The van der Waals surface area contributed by atoms with Gasteiger partial charge < -0.3 is 9.84 Å². The number of carboxylic acid groups (broad SMARTS) is 1. The Morgan fingerprint density at radius 2 is 1.82 bits per heavy atom. The quantitative estimate of drug-likeness (QED) is 0.825. The van der Waals surface area contributed by atoms with E-state index in [1.165, 1.54) is 0 Å². The van der Waals surface area contributed by atoms with Crippen molar-refractivity contribution in [3.63, 3.8) is 0 Å².